The van der Waals surface area contributed by atoms with Crippen LogP contribution in [0.2, 0.25) is 0 Å². The summed E-state index contributed by atoms with van der Waals surface area (Å²) in [6.07, 6.45) is 2.16. The molecule has 1 aliphatic heterocycles. The molecule has 0 aromatic rings. The Bertz CT molecular complexity index is 263. The Morgan fingerprint density at radius 3 is 2.62 bits per heavy atom. The van der Waals surface area contributed by atoms with Gasteiger partial charge in [-0.2, -0.15) is 5.10 Å². The van der Waals surface area contributed by atoms with Crippen molar-refractivity contribution in [3.05, 3.63) is 0 Å². The Morgan fingerprint density at radius 1 is 1.46 bits per heavy atom. The Balaban J connectivity index is 2.70. The van der Waals surface area contributed by atoms with E-state index in [0.717, 1.165) is 0 Å². The maximum absolute atomic E-state index is 11.3. The molecule has 0 saturated carbocycles. The summed E-state index contributed by atoms with van der Waals surface area (Å²) in [5, 5.41) is 3.63. The van der Waals surface area contributed by atoms with E-state index in [9.17, 15) is 9.59 Å². The maximum atomic E-state index is 11.3. The molecule has 1 atom stereocenters. The predicted octanol–water partition coefficient (Wildman–Crippen LogP) is 0.723. The molecule has 0 bridgehead atoms. The van der Waals surface area contributed by atoms with Crippen molar-refractivity contribution in [1.82, 2.24) is 5.43 Å². The molecule has 0 fully saturated rings. The van der Waals surface area contributed by atoms with Crippen molar-refractivity contribution in [2.75, 3.05) is 0 Å². The first-order valence-corrected chi connectivity index (χ1v) is 4.27. The van der Waals surface area contributed by atoms with Gasteiger partial charge in [0.05, 0.1) is 5.92 Å². The lowest BCUT2D eigenvalue weighted by Crippen LogP contribution is -2.39. The van der Waals surface area contributed by atoms with Crippen molar-refractivity contribution in [3.8, 4) is 0 Å². The molecule has 1 heterocycles. The van der Waals surface area contributed by atoms with E-state index in [0.29, 0.717) is 6.42 Å². The third-order valence-corrected chi connectivity index (χ3v) is 1.81. The fraction of sp³-hybridized carbons (Fsp3) is 0.667. The fourth-order valence-corrected chi connectivity index (χ4v) is 1.28. The Kier molecular flexibility index (Phi) is 2.50. The number of carbonyl (C=O) groups excluding carboxylic acids is 2. The number of nitrogens with one attached hydrogen (secondary N) is 1. The highest BCUT2D eigenvalue weighted by Crippen LogP contribution is 2.24. The van der Waals surface area contributed by atoms with E-state index < -0.39 is 5.91 Å². The number of hydrogen-bond donors (Lipinski definition) is 1. The molecule has 0 aromatic heterocycles. The largest absolute Gasteiger partial charge is 0.308 e. The highest BCUT2D eigenvalue weighted by Gasteiger charge is 2.30. The first-order chi connectivity index (χ1) is 5.90. The topological polar surface area (TPSA) is 58.5 Å². The van der Waals surface area contributed by atoms with Crippen LogP contribution in [0.3, 0.4) is 0 Å². The van der Waals surface area contributed by atoms with Crippen molar-refractivity contribution in [1.29, 1.82) is 0 Å². The molecule has 0 radical (unpaired) electrons. The summed E-state index contributed by atoms with van der Waals surface area (Å²) in [7, 11) is 0. The number of amides is 1. The van der Waals surface area contributed by atoms with Gasteiger partial charge in [-0.1, -0.05) is 20.8 Å². The second kappa shape index (κ2) is 3.28. The summed E-state index contributed by atoms with van der Waals surface area (Å²) in [5.41, 5.74) is 2.16. The standard InChI is InChI=1S/C9H14N2O2/c1-9(2,3)4-6-5-10-11-8(13)7(6)12/h5-6H,4H2,1-3H3,(H,11,13). The van der Waals surface area contributed by atoms with Gasteiger partial charge in [0.1, 0.15) is 0 Å². The van der Waals surface area contributed by atoms with E-state index >= 15 is 0 Å². The van der Waals surface area contributed by atoms with Gasteiger partial charge in [0, 0.05) is 6.21 Å². The van der Waals surface area contributed by atoms with E-state index in [1.54, 1.807) is 0 Å². The van der Waals surface area contributed by atoms with Gasteiger partial charge in [0.2, 0.25) is 5.78 Å². The number of carbonyl (C=O) groups is 2. The normalized spacial score (nSPS) is 23.2. The summed E-state index contributed by atoms with van der Waals surface area (Å²) in [6.45, 7) is 6.09. The molecule has 1 unspecified atom stereocenters. The molecule has 0 aliphatic carbocycles. The van der Waals surface area contributed by atoms with Crippen LogP contribution >= 0.6 is 0 Å². The molecular weight excluding hydrogens is 168 g/mol. The van der Waals surface area contributed by atoms with Gasteiger partial charge in [-0.05, 0) is 11.8 Å². The summed E-state index contributed by atoms with van der Waals surface area (Å²) < 4.78 is 0. The van der Waals surface area contributed by atoms with E-state index in [2.05, 4.69) is 10.5 Å². The first-order valence-electron chi connectivity index (χ1n) is 4.27. The second-order valence-corrected chi connectivity index (χ2v) is 4.45. The number of hydrogen-bond acceptors (Lipinski definition) is 3. The minimum atomic E-state index is -0.600. The van der Waals surface area contributed by atoms with Crippen LogP contribution in [0.15, 0.2) is 5.10 Å². The van der Waals surface area contributed by atoms with Crippen molar-refractivity contribution >= 4 is 17.9 Å². The summed E-state index contributed by atoms with van der Waals surface area (Å²) >= 11 is 0. The Labute approximate surface area is 77.4 Å². The molecule has 4 nitrogen and oxygen atoms in total. The molecule has 72 valence electrons. The monoisotopic (exact) mass is 182 g/mol. The zero-order valence-electron chi connectivity index (χ0n) is 8.13. The average Bonchev–Trinajstić information content (AvgIpc) is 1.96. The van der Waals surface area contributed by atoms with E-state index in [-0.39, 0.29) is 17.1 Å². The van der Waals surface area contributed by atoms with Gasteiger partial charge < -0.3 is 0 Å². The fourth-order valence-electron chi connectivity index (χ4n) is 1.28. The molecule has 0 spiro atoms. The van der Waals surface area contributed by atoms with Crippen LogP contribution in [-0.2, 0) is 9.59 Å². The van der Waals surface area contributed by atoms with Crippen LogP contribution in [0, 0.1) is 11.3 Å². The molecule has 0 saturated heterocycles. The molecule has 4 heteroatoms. The third-order valence-electron chi connectivity index (χ3n) is 1.81. The molecule has 1 rings (SSSR count). The number of nitrogens with zero attached hydrogens (tertiary/aromatic N) is 1. The van der Waals surface area contributed by atoms with Crippen molar-refractivity contribution in [2.45, 2.75) is 27.2 Å². The molecule has 0 aromatic carbocycles. The average molecular weight is 182 g/mol. The van der Waals surface area contributed by atoms with Crippen LogP contribution in [-0.4, -0.2) is 17.9 Å². The van der Waals surface area contributed by atoms with Crippen LogP contribution < -0.4 is 5.43 Å². The minimum Gasteiger partial charge on any atom is -0.288 e. The number of Topliss-reactive ketones (excluding diaryl/α,β-unsaturated/α-hetero) is 1. The molecule has 1 N–H and O–H groups in total. The summed E-state index contributed by atoms with van der Waals surface area (Å²) in [4.78, 5) is 22.2. The summed E-state index contributed by atoms with van der Waals surface area (Å²) in [6, 6.07) is 0. The van der Waals surface area contributed by atoms with Gasteiger partial charge in [0.25, 0.3) is 0 Å². The zero-order chi connectivity index (χ0) is 10.1. The molecule has 1 amide bonds. The summed E-state index contributed by atoms with van der Waals surface area (Å²) in [5.74, 6) is -1.34. The highest BCUT2D eigenvalue weighted by molar-refractivity contribution is 6.40. The lowest BCUT2D eigenvalue weighted by molar-refractivity contribution is -0.139. The van der Waals surface area contributed by atoms with Gasteiger partial charge in [-0.15, -0.1) is 0 Å². The van der Waals surface area contributed by atoms with Gasteiger partial charge in [-0.3, -0.25) is 9.59 Å². The van der Waals surface area contributed by atoms with Crippen molar-refractivity contribution in [2.24, 2.45) is 16.4 Å². The lowest BCUT2D eigenvalue weighted by atomic mass is 9.83. The van der Waals surface area contributed by atoms with Gasteiger partial charge >= 0.3 is 5.91 Å². The Morgan fingerprint density at radius 2 is 2.08 bits per heavy atom. The SMILES string of the molecule is CC(C)(C)CC1C=NNC(=O)C1=O. The number of hydrazone groups is 1. The van der Waals surface area contributed by atoms with Crippen molar-refractivity contribution < 1.29 is 9.59 Å². The first kappa shape index (κ1) is 9.89. The lowest BCUT2D eigenvalue weighted by Gasteiger charge is -2.23. The van der Waals surface area contributed by atoms with Crippen LogP contribution in [0.5, 0.6) is 0 Å². The number of ketones is 1. The van der Waals surface area contributed by atoms with Gasteiger partial charge in [0.15, 0.2) is 0 Å². The van der Waals surface area contributed by atoms with Crippen LogP contribution in [0.4, 0.5) is 0 Å². The van der Waals surface area contributed by atoms with E-state index in [4.69, 9.17) is 0 Å². The van der Waals surface area contributed by atoms with Crippen molar-refractivity contribution in [3.63, 3.8) is 0 Å². The second-order valence-electron chi connectivity index (χ2n) is 4.45. The quantitative estimate of drug-likeness (QED) is 0.607. The third kappa shape index (κ3) is 2.65. The molecule has 1 aliphatic rings. The smallest absolute Gasteiger partial charge is 0.288 e. The van der Waals surface area contributed by atoms with Crippen LogP contribution in [0.25, 0.3) is 0 Å². The predicted molar refractivity (Wildman–Crippen MR) is 49.2 cm³/mol. The maximum Gasteiger partial charge on any atom is 0.308 e. The zero-order valence-corrected chi connectivity index (χ0v) is 8.13. The van der Waals surface area contributed by atoms with E-state index in [1.165, 1.54) is 6.21 Å². The van der Waals surface area contributed by atoms with Crippen LogP contribution in [0.1, 0.15) is 27.2 Å². The Hall–Kier alpha value is -1.19. The number of rotatable bonds is 1. The minimum absolute atomic E-state index is 0.0317. The van der Waals surface area contributed by atoms with E-state index in [1.807, 2.05) is 20.8 Å². The highest BCUT2D eigenvalue weighted by atomic mass is 16.2. The molecular formula is C9H14N2O2. The van der Waals surface area contributed by atoms with Gasteiger partial charge in [-0.25, -0.2) is 5.43 Å². The molecule has 13 heavy (non-hydrogen) atoms.